The van der Waals surface area contributed by atoms with Crippen LogP contribution in [0, 0.1) is 6.92 Å². The molecule has 1 aliphatic carbocycles. The van der Waals surface area contributed by atoms with Crippen molar-refractivity contribution in [3.8, 4) is 0 Å². The molecule has 3 N–H and O–H groups in total. The van der Waals surface area contributed by atoms with Gasteiger partial charge in [0.2, 0.25) is 0 Å². The van der Waals surface area contributed by atoms with Crippen molar-refractivity contribution in [1.82, 2.24) is 10.6 Å². The topological polar surface area (TPSA) is 36.1 Å². The fourth-order valence-corrected chi connectivity index (χ4v) is 4.30. The molecule has 2 atom stereocenters. The first-order valence-electron chi connectivity index (χ1n) is 10.1. The van der Waals surface area contributed by atoms with Crippen LogP contribution in [0.5, 0.6) is 0 Å². The largest absolute Gasteiger partial charge is 0.380 e. The van der Waals surface area contributed by atoms with Gasteiger partial charge in [-0.25, -0.2) is 0 Å². The first kappa shape index (κ1) is 17.6. The maximum Gasteiger partial charge on any atom is 0.0510 e. The van der Waals surface area contributed by atoms with Gasteiger partial charge in [0.15, 0.2) is 0 Å². The van der Waals surface area contributed by atoms with Crippen molar-refractivity contribution in [1.29, 1.82) is 0 Å². The number of benzene rings is 2. The maximum atomic E-state index is 3.82. The van der Waals surface area contributed by atoms with Crippen molar-refractivity contribution >= 4 is 5.69 Å². The van der Waals surface area contributed by atoms with E-state index >= 15 is 0 Å². The Morgan fingerprint density at radius 3 is 2.81 bits per heavy atom. The zero-order valence-corrected chi connectivity index (χ0v) is 16.0. The van der Waals surface area contributed by atoms with Crippen LogP contribution in [0.1, 0.15) is 47.9 Å². The number of hydrogen-bond acceptors (Lipinski definition) is 3. The van der Waals surface area contributed by atoms with Crippen molar-refractivity contribution in [3.05, 3.63) is 64.7 Å². The molecule has 2 aromatic carbocycles. The lowest BCUT2D eigenvalue weighted by Gasteiger charge is -2.31. The van der Waals surface area contributed by atoms with E-state index in [0.29, 0.717) is 18.0 Å². The van der Waals surface area contributed by atoms with E-state index in [-0.39, 0.29) is 0 Å². The summed E-state index contributed by atoms with van der Waals surface area (Å²) in [4.78, 5) is 0. The minimum absolute atomic E-state index is 0.489. The number of nitrogens with one attached hydrogen (secondary N) is 3. The second-order valence-electron chi connectivity index (χ2n) is 8.01. The molecule has 4 rings (SSSR count). The van der Waals surface area contributed by atoms with Gasteiger partial charge in [-0.1, -0.05) is 30.3 Å². The Labute approximate surface area is 157 Å². The van der Waals surface area contributed by atoms with E-state index in [1.807, 2.05) is 0 Å². The van der Waals surface area contributed by atoms with Crippen LogP contribution in [-0.2, 0) is 13.0 Å². The fraction of sp³-hybridized carbons (Fsp3) is 0.478. The Balaban J connectivity index is 1.41. The highest BCUT2D eigenvalue weighted by Gasteiger charge is 2.24. The third-order valence-corrected chi connectivity index (χ3v) is 6.14. The summed E-state index contributed by atoms with van der Waals surface area (Å²) in [5, 5.41) is 10.8. The van der Waals surface area contributed by atoms with Crippen molar-refractivity contribution in [3.63, 3.8) is 0 Å². The number of anilines is 1. The summed E-state index contributed by atoms with van der Waals surface area (Å²) in [5.41, 5.74) is 7.12. The molecule has 2 unspecified atom stereocenters. The molecule has 0 bridgehead atoms. The third-order valence-electron chi connectivity index (χ3n) is 6.14. The van der Waals surface area contributed by atoms with Gasteiger partial charge in [-0.05, 0) is 73.4 Å². The molecule has 1 saturated heterocycles. The highest BCUT2D eigenvalue weighted by atomic mass is 15.1. The Hall–Kier alpha value is -1.84. The molecule has 1 heterocycles. The van der Waals surface area contributed by atoms with Crippen molar-refractivity contribution in [2.24, 2.45) is 0 Å². The average Bonchev–Trinajstić information content (AvgIpc) is 2.64. The van der Waals surface area contributed by atoms with Crippen LogP contribution in [0.3, 0.4) is 0 Å². The van der Waals surface area contributed by atoms with Crippen LogP contribution in [0.4, 0.5) is 5.69 Å². The Morgan fingerprint density at radius 2 is 2.00 bits per heavy atom. The van der Waals surface area contributed by atoms with Gasteiger partial charge in [0.25, 0.3) is 0 Å². The SMILES string of the molecule is Cc1ccc(NC2CNC2)cc1CNC(C)C1CCCc2ccccc21. The smallest absolute Gasteiger partial charge is 0.0510 e. The van der Waals surface area contributed by atoms with E-state index in [4.69, 9.17) is 0 Å². The first-order valence-corrected chi connectivity index (χ1v) is 10.1. The van der Waals surface area contributed by atoms with E-state index in [1.54, 1.807) is 11.1 Å². The molecule has 0 spiro atoms. The molecule has 1 fully saturated rings. The van der Waals surface area contributed by atoms with Gasteiger partial charge >= 0.3 is 0 Å². The predicted molar refractivity (Wildman–Crippen MR) is 110 cm³/mol. The lowest BCUT2D eigenvalue weighted by atomic mass is 9.79. The minimum Gasteiger partial charge on any atom is -0.380 e. The zero-order valence-electron chi connectivity index (χ0n) is 16.0. The van der Waals surface area contributed by atoms with Gasteiger partial charge < -0.3 is 16.0 Å². The maximum absolute atomic E-state index is 3.82. The van der Waals surface area contributed by atoms with E-state index in [0.717, 1.165) is 19.6 Å². The first-order chi connectivity index (χ1) is 12.7. The summed E-state index contributed by atoms with van der Waals surface area (Å²) >= 11 is 0. The third kappa shape index (κ3) is 3.79. The molecule has 138 valence electrons. The van der Waals surface area contributed by atoms with Gasteiger partial charge in [0.1, 0.15) is 0 Å². The van der Waals surface area contributed by atoms with Crippen molar-refractivity contribution < 1.29 is 0 Å². The standard InChI is InChI=1S/C23H31N3/c1-16-10-11-20(26-21-14-24-15-21)12-19(16)13-25-17(2)22-9-5-7-18-6-3-4-8-23(18)22/h3-4,6,8,10-12,17,21-22,24-26H,5,7,9,13-15H2,1-2H3. The Bertz CT molecular complexity index is 751. The van der Waals surface area contributed by atoms with Gasteiger partial charge in [-0.3, -0.25) is 0 Å². The zero-order chi connectivity index (χ0) is 17.9. The van der Waals surface area contributed by atoms with E-state index in [1.165, 1.54) is 36.1 Å². The van der Waals surface area contributed by atoms with Crippen molar-refractivity contribution in [2.75, 3.05) is 18.4 Å². The summed E-state index contributed by atoms with van der Waals surface area (Å²) in [5.74, 6) is 0.627. The number of aryl methyl sites for hydroxylation is 2. The van der Waals surface area contributed by atoms with Crippen LogP contribution in [-0.4, -0.2) is 25.2 Å². The van der Waals surface area contributed by atoms with Crippen LogP contribution in [0.2, 0.25) is 0 Å². The molecule has 0 radical (unpaired) electrons. The van der Waals surface area contributed by atoms with Gasteiger partial charge in [0, 0.05) is 31.4 Å². The van der Waals surface area contributed by atoms with E-state index in [2.05, 4.69) is 72.3 Å². The molecular formula is C23H31N3. The molecule has 2 aliphatic rings. The molecule has 0 saturated carbocycles. The second kappa shape index (κ2) is 7.81. The molecule has 0 aromatic heterocycles. The van der Waals surface area contributed by atoms with Crippen molar-refractivity contribution in [2.45, 2.75) is 57.7 Å². The fourth-order valence-electron chi connectivity index (χ4n) is 4.30. The molecule has 1 aliphatic heterocycles. The lowest BCUT2D eigenvalue weighted by molar-refractivity contribution is 0.412. The highest BCUT2D eigenvalue weighted by molar-refractivity contribution is 5.49. The summed E-state index contributed by atoms with van der Waals surface area (Å²) in [7, 11) is 0. The summed E-state index contributed by atoms with van der Waals surface area (Å²) < 4.78 is 0. The van der Waals surface area contributed by atoms with Gasteiger partial charge in [0.05, 0.1) is 6.04 Å². The quantitative estimate of drug-likeness (QED) is 0.738. The molecule has 26 heavy (non-hydrogen) atoms. The monoisotopic (exact) mass is 349 g/mol. The highest BCUT2D eigenvalue weighted by Crippen LogP contribution is 2.34. The summed E-state index contributed by atoms with van der Waals surface area (Å²) in [6.45, 7) is 7.64. The minimum atomic E-state index is 0.489. The second-order valence-corrected chi connectivity index (χ2v) is 8.01. The lowest BCUT2D eigenvalue weighted by Crippen LogP contribution is -2.51. The summed E-state index contributed by atoms with van der Waals surface area (Å²) in [6, 6.07) is 16.9. The molecular weight excluding hydrogens is 318 g/mol. The van der Waals surface area contributed by atoms with Crippen LogP contribution < -0.4 is 16.0 Å². The molecule has 3 nitrogen and oxygen atoms in total. The van der Waals surface area contributed by atoms with Crippen LogP contribution >= 0.6 is 0 Å². The van der Waals surface area contributed by atoms with E-state index in [9.17, 15) is 0 Å². The summed E-state index contributed by atoms with van der Waals surface area (Å²) in [6.07, 6.45) is 3.84. The Kier molecular flexibility index (Phi) is 5.28. The number of rotatable bonds is 6. The van der Waals surface area contributed by atoms with Crippen LogP contribution in [0.15, 0.2) is 42.5 Å². The van der Waals surface area contributed by atoms with Gasteiger partial charge in [-0.15, -0.1) is 0 Å². The van der Waals surface area contributed by atoms with Gasteiger partial charge in [-0.2, -0.15) is 0 Å². The molecule has 0 amide bonds. The van der Waals surface area contributed by atoms with Crippen LogP contribution in [0.25, 0.3) is 0 Å². The number of hydrogen-bond donors (Lipinski definition) is 3. The molecule has 2 aromatic rings. The average molecular weight is 350 g/mol. The normalized spacial score (nSPS) is 20.9. The predicted octanol–water partition coefficient (Wildman–Crippen LogP) is 3.98. The Morgan fingerprint density at radius 1 is 1.15 bits per heavy atom. The molecule has 3 heteroatoms. The van der Waals surface area contributed by atoms with E-state index < -0.39 is 0 Å². The number of fused-ring (bicyclic) bond motifs is 1.